The van der Waals surface area contributed by atoms with Gasteiger partial charge in [0.1, 0.15) is 6.04 Å². The summed E-state index contributed by atoms with van der Waals surface area (Å²) in [6, 6.07) is 14.3. The van der Waals surface area contributed by atoms with Crippen molar-refractivity contribution in [3.05, 3.63) is 65.2 Å². The molecule has 4 rings (SSSR count). The minimum Gasteiger partial charge on any atom is -0.358 e. The van der Waals surface area contributed by atoms with Crippen molar-refractivity contribution in [2.75, 3.05) is 7.05 Å². The number of fused-ring (bicyclic) bond motifs is 1. The molecule has 1 fully saturated rings. The number of likely N-dealkylation sites (N-methyl/N-ethyl adjacent to an activating group) is 1. The normalized spacial score (nSPS) is 20.8. The molecule has 5 nitrogen and oxygen atoms in total. The predicted octanol–water partition coefficient (Wildman–Crippen LogP) is 3.60. The predicted molar refractivity (Wildman–Crippen MR) is 113 cm³/mol. The summed E-state index contributed by atoms with van der Waals surface area (Å²) in [5.41, 5.74) is 3.20. The molecule has 0 saturated heterocycles. The first-order chi connectivity index (χ1) is 14.0. The maximum atomic E-state index is 13.5. The molecule has 2 aromatic carbocycles. The van der Waals surface area contributed by atoms with Gasteiger partial charge in [-0.05, 0) is 54.0 Å². The van der Waals surface area contributed by atoms with Crippen LogP contribution in [0.2, 0.25) is 0 Å². The van der Waals surface area contributed by atoms with Crippen LogP contribution >= 0.6 is 0 Å². The molecule has 1 heterocycles. The molecule has 1 atom stereocenters. The summed E-state index contributed by atoms with van der Waals surface area (Å²) in [6.45, 7) is 0.209. The van der Waals surface area contributed by atoms with Crippen LogP contribution in [0.1, 0.15) is 54.7 Å². The van der Waals surface area contributed by atoms with Crippen LogP contribution in [0.15, 0.2) is 53.4 Å². The average Bonchev–Trinajstić information content (AvgIpc) is 2.78. The van der Waals surface area contributed by atoms with Crippen molar-refractivity contribution in [1.29, 1.82) is 0 Å². The molecule has 0 unspecified atom stereocenters. The van der Waals surface area contributed by atoms with Gasteiger partial charge in [0.2, 0.25) is 15.9 Å². The third kappa shape index (κ3) is 3.96. The van der Waals surface area contributed by atoms with Crippen LogP contribution in [0.5, 0.6) is 0 Å². The number of nitrogens with one attached hydrogen (secondary N) is 1. The average molecular weight is 413 g/mol. The second kappa shape index (κ2) is 8.28. The van der Waals surface area contributed by atoms with E-state index in [0.29, 0.717) is 12.3 Å². The van der Waals surface area contributed by atoms with Gasteiger partial charge in [-0.25, -0.2) is 8.42 Å². The number of rotatable bonds is 4. The molecule has 154 valence electrons. The third-order valence-electron chi connectivity index (χ3n) is 6.32. The molecule has 0 bridgehead atoms. The number of hydrogen-bond acceptors (Lipinski definition) is 3. The van der Waals surface area contributed by atoms with Gasteiger partial charge in [-0.1, -0.05) is 55.7 Å². The summed E-state index contributed by atoms with van der Waals surface area (Å²) in [5.74, 6) is 0.253. The molecule has 0 spiro atoms. The fourth-order valence-electron chi connectivity index (χ4n) is 4.62. The fourth-order valence-corrected chi connectivity index (χ4v) is 6.19. The minimum atomic E-state index is -3.78. The van der Waals surface area contributed by atoms with Gasteiger partial charge < -0.3 is 5.32 Å². The summed E-state index contributed by atoms with van der Waals surface area (Å²) in [4.78, 5) is 12.8. The molecule has 6 heteroatoms. The van der Waals surface area contributed by atoms with E-state index in [9.17, 15) is 13.2 Å². The van der Waals surface area contributed by atoms with E-state index in [4.69, 9.17) is 0 Å². The Kier molecular flexibility index (Phi) is 5.74. The summed E-state index contributed by atoms with van der Waals surface area (Å²) in [5, 5.41) is 2.63. The first kappa shape index (κ1) is 20.1. The maximum absolute atomic E-state index is 13.5. The van der Waals surface area contributed by atoms with E-state index in [-0.39, 0.29) is 17.3 Å². The van der Waals surface area contributed by atoms with Crippen molar-refractivity contribution < 1.29 is 13.2 Å². The van der Waals surface area contributed by atoms with Gasteiger partial charge in [0.25, 0.3) is 0 Å². The quantitative estimate of drug-likeness (QED) is 0.834. The lowest BCUT2D eigenvalue weighted by molar-refractivity contribution is -0.124. The zero-order valence-electron chi connectivity index (χ0n) is 16.8. The number of nitrogens with zero attached hydrogens (tertiary/aromatic N) is 1. The van der Waals surface area contributed by atoms with Crippen molar-refractivity contribution in [3.63, 3.8) is 0 Å². The number of benzene rings is 2. The Hall–Kier alpha value is -2.18. The van der Waals surface area contributed by atoms with Crippen molar-refractivity contribution in [3.8, 4) is 0 Å². The highest BCUT2D eigenvalue weighted by molar-refractivity contribution is 7.89. The molecule has 0 aromatic heterocycles. The highest BCUT2D eigenvalue weighted by atomic mass is 32.2. The van der Waals surface area contributed by atoms with Gasteiger partial charge in [0, 0.05) is 13.6 Å². The second-order valence-corrected chi connectivity index (χ2v) is 9.95. The van der Waals surface area contributed by atoms with E-state index < -0.39 is 16.1 Å². The van der Waals surface area contributed by atoms with Crippen molar-refractivity contribution in [2.45, 2.75) is 61.9 Å². The Morgan fingerprint density at radius 1 is 0.966 bits per heavy atom. The van der Waals surface area contributed by atoms with Gasteiger partial charge >= 0.3 is 0 Å². The zero-order chi connectivity index (χ0) is 20.4. The Balaban J connectivity index is 1.64. The van der Waals surface area contributed by atoms with Crippen LogP contribution < -0.4 is 5.32 Å². The van der Waals surface area contributed by atoms with Crippen LogP contribution in [0.3, 0.4) is 0 Å². The lowest BCUT2D eigenvalue weighted by Gasteiger charge is -2.34. The number of amides is 1. The van der Waals surface area contributed by atoms with Gasteiger partial charge in [0.15, 0.2) is 0 Å². The largest absolute Gasteiger partial charge is 0.358 e. The molecule has 0 radical (unpaired) electrons. The van der Waals surface area contributed by atoms with Gasteiger partial charge in [-0.3, -0.25) is 4.79 Å². The van der Waals surface area contributed by atoms with Crippen LogP contribution in [0.25, 0.3) is 0 Å². The zero-order valence-corrected chi connectivity index (χ0v) is 17.6. The van der Waals surface area contributed by atoms with Crippen molar-refractivity contribution >= 4 is 15.9 Å². The molecular weight excluding hydrogens is 384 g/mol. The van der Waals surface area contributed by atoms with Gasteiger partial charge in [-0.15, -0.1) is 0 Å². The molecule has 2 aromatic rings. The standard InChI is InChI=1S/C23H28N2O3S/c1-24-23(26)22-15-19-9-5-6-10-20(19)16-25(22)29(27,28)21-13-11-18(12-14-21)17-7-3-2-4-8-17/h5-6,9-14,17,22H,2-4,7-8,15-16H2,1H3,(H,24,26)/t22-/m1/s1. The van der Waals surface area contributed by atoms with Crippen molar-refractivity contribution in [1.82, 2.24) is 9.62 Å². The lowest BCUT2D eigenvalue weighted by atomic mass is 9.84. The number of sulfonamides is 1. The molecule has 1 N–H and O–H groups in total. The van der Waals surface area contributed by atoms with E-state index in [2.05, 4.69) is 5.32 Å². The fraction of sp³-hybridized carbons (Fsp3) is 0.435. The third-order valence-corrected chi connectivity index (χ3v) is 8.19. The van der Waals surface area contributed by atoms with Crippen LogP contribution in [-0.4, -0.2) is 31.7 Å². The molecular formula is C23H28N2O3S. The van der Waals surface area contributed by atoms with Crippen molar-refractivity contribution in [2.24, 2.45) is 0 Å². The van der Waals surface area contributed by atoms with Crippen LogP contribution in [-0.2, 0) is 27.8 Å². The van der Waals surface area contributed by atoms with Crippen LogP contribution in [0, 0.1) is 0 Å². The smallest absolute Gasteiger partial charge is 0.244 e. The molecule has 29 heavy (non-hydrogen) atoms. The molecule has 1 amide bonds. The summed E-state index contributed by atoms with van der Waals surface area (Å²) < 4.78 is 28.3. The second-order valence-electron chi connectivity index (χ2n) is 8.06. The Morgan fingerprint density at radius 3 is 2.28 bits per heavy atom. The number of hydrogen-bond donors (Lipinski definition) is 1. The summed E-state index contributed by atoms with van der Waals surface area (Å²) in [7, 11) is -2.24. The topological polar surface area (TPSA) is 66.5 Å². The monoisotopic (exact) mass is 412 g/mol. The van der Waals surface area contributed by atoms with E-state index >= 15 is 0 Å². The van der Waals surface area contributed by atoms with E-state index in [0.717, 1.165) is 11.1 Å². The summed E-state index contributed by atoms with van der Waals surface area (Å²) in [6.07, 6.45) is 6.51. The van der Waals surface area contributed by atoms with Gasteiger partial charge in [-0.2, -0.15) is 4.31 Å². The summed E-state index contributed by atoms with van der Waals surface area (Å²) >= 11 is 0. The number of carbonyl (C=O) groups excluding carboxylic acids is 1. The maximum Gasteiger partial charge on any atom is 0.244 e. The van der Waals surface area contributed by atoms with E-state index in [1.54, 1.807) is 19.2 Å². The molecule has 2 aliphatic rings. The Bertz CT molecular complexity index is 979. The molecule has 1 saturated carbocycles. The molecule has 1 aliphatic carbocycles. The Morgan fingerprint density at radius 2 is 1.62 bits per heavy atom. The SMILES string of the molecule is CNC(=O)[C@H]1Cc2ccccc2CN1S(=O)(=O)c1ccc(C2CCCCC2)cc1. The first-order valence-electron chi connectivity index (χ1n) is 10.4. The van der Waals surface area contributed by atoms with E-state index in [1.807, 2.05) is 36.4 Å². The number of carbonyl (C=O) groups is 1. The minimum absolute atomic E-state index is 0.209. The van der Waals surface area contributed by atoms with Gasteiger partial charge in [0.05, 0.1) is 4.90 Å². The molecule has 1 aliphatic heterocycles. The lowest BCUT2D eigenvalue weighted by Crippen LogP contribution is -2.51. The Labute approximate surface area is 173 Å². The first-order valence-corrected chi connectivity index (χ1v) is 11.8. The van der Waals surface area contributed by atoms with E-state index in [1.165, 1.54) is 42.0 Å². The highest BCUT2D eigenvalue weighted by Crippen LogP contribution is 2.34. The highest BCUT2D eigenvalue weighted by Gasteiger charge is 2.39. The van der Waals surface area contributed by atoms with Crippen LogP contribution in [0.4, 0.5) is 0 Å².